The molecule has 2 N–H and O–H groups in total. The summed E-state index contributed by atoms with van der Waals surface area (Å²) in [7, 11) is 0. The molecule has 23 heavy (non-hydrogen) atoms. The molecule has 1 fully saturated rings. The Labute approximate surface area is 140 Å². The summed E-state index contributed by atoms with van der Waals surface area (Å²) in [4.78, 5) is 14.2. The first kappa shape index (κ1) is 16.0. The molecule has 0 aromatic carbocycles. The number of rotatable bonds is 4. The minimum Gasteiger partial charge on any atom is -0.477 e. The van der Waals surface area contributed by atoms with Gasteiger partial charge in [0.25, 0.3) is 0 Å². The fraction of sp³-hybridized carbons (Fsp3) is 0.333. The highest BCUT2D eigenvalue weighted by molar-refractivity contribution is 7.18. The van der Waals surface area contributed by atoms with E-state index in [1.807, 2.05) is 4.90 Å². The van der Waals surface area contributed by atoms with Gasteiger partial charge in [-0.3, -0.25) is 0 Å². The van der Waals surface area contributed by atoms with Crippen molar-refractivity contribution in [2.75, 3.05) is 31.2 Å². The van der Waals surface area contributed by atoms with Crippen molar-refractivity contribution in [3.63, 3.8) is 0 Å². The molecule has 0 saturated carbocycles. The maximum Gasteiger partial charge on any atom is 0.346 e. The molecule has 6 nitrogen and oxygen atoms in total. The zero-order chi connectivity index (χ0) is 16.4. The van der Waals surface area contributed by atoms with E-state index in [0.29, 0.717) is 36.2 Å². The van der Waals surface area contributed by atoms with E-state index in [1.165, 1.54) is 11.3 Å². The minimum atomic E-state index is -1.13. The molecule has 1 unspecified atom stereocenters. The number of nitriles is 1. The fourth-order valence-corrected chi connectivity index (χ4v) is 4.43. The van der Waals surface area contributed by atoms with Gasteiger partial charge in [-0.15, -0.1) is 22.7 Å². The number of aromatic carboxylic acids is 1. The van der Waals surface area contributed by atoms with Gasteiger partial charge in [0, 0.05) is 23.5 Å². The predicted octanol–water partition coefficient (Wildman–Crippen LogP) is 2.30. The van der Waals surface area contributed by atoms with E-state index in [2.05, 4.69) is 6.07 Å². The maximum absolute atomic E-state index is 11.6. The van der Waals surface area contributed by atoms with Crippen LogP contribution < -0.4 is 4.90 Å². The molecule has 1 aliphatic rings. The lowest BCUT2D eigenvalue weighted by Crippen LogP contribution is -2.36. The third-order valence-corrected chi connectivity index (χ3v) is 5.80. The van der Waals surface area contributed by atoms with Crippen LogP contribution in [0, 0.1) is 11.3 Å². The second-order valence-corrected chi connectivity index (χ2v) is 6.94. The number of morpholine rings is 1. The number of aliphatic hydroxyl groups excluding tert-OH is 1. The van der Waals surface area contributed by atoms with Crippen molar-refractivity contribution in [2.24, 2.45) is 0 Å². The normalized spacial score (nSPS) is 16.1. The molecule has 2 aromatic heterocycles. The van der Waals surface area contributed by atoms with E-state index >= 15 is 0 Å². The van der Waals surface area contributed by atoms with E-state index < -0.39 is 12.1 Å². The maximum atomic E-state index is 11.6. The number of carboxylic acids is 1. The highest BCUT2D eigenvalue weighted by atomic mass is 32.1. The van der Waals surface area contributed by atoms with Crippen molar-refractivity contribution in [1.82, 2.24) is 0 Å². The first-order valence-electron chi connectivity index (χ1n) is 6.97. The largest absolute Gasteiger partial charge is 0.477 e. The summed E-state index contributed by atoms with van der Waals surface area (Å²) in [5.41, 5.74) is 0.434. The molecular formula is C15H14N2O4S2. The zero-order valence-electron chi connectivity index (χ0n) is 12.1. The van der Waals surface area contributed by atoms with Gasteiger partial charge < -0.3 is 19.8 Å². The number of ether oxygens (including phenoxy) is 1. The third kappa shape index (κ3) is 2.96. The number of thiophene rings is 2. The van der Waals surface area contributed by atoms with E-state index in [9.17, 15) is 20.3 Å². The van der Waals surface area contributed by atoms with Gasteiger partial charge >= 0.3 is 5.97 Å². The van der Waals surface area contributed by atoms with Crippen LogP contribution in [-0.4, -0.2) is 42.5 Å². The Morgan fingerprint density at radius 2 is 2.17 bits per heavy atom. The molecule has 0 spiro atoms. The Bertz CT molecular complexity index is 742. The minimum absolute atomic E-state index is 0.0175. The molecule has 8 heteroatoms. The molecular weight excluding hydrogens is 336 g/mol. The topological polar surface area (TPSA) is 93.8 Å². The van der Waals surface area contributed by atoms with Crippen LogP contribution in [0.1, 0.15) is 31.8 Å². The van der Waals surface area contributed by atoms with Gasteiger partial charge in [-0.05, 0) is 11.4 Å². The fourth-order valence-electron chi connectivity index (χ4n) is 2.54. The molecule has 1 aliphatic heterocycles. The van der Waals surface area contributed by atoms with Crippen molar-refractivity contribution >= 4 is 33.6 Å². The van der Waals surface area contributed by atoms with Crippen molar-refractivity contribution in [1.29, 1.82) is 5.26 Å². The van der Waals surface area contributed by atoms with E-state index in [-0.39, 0.29) is 16.0 Å². The molecule has 1 atom stereocenters. The summed E-state index contributed by atoms with van der Waals surface area (Å²) in [6.45, 7) is 2.27. The second-order valence-electron chi connectivity index (χ2n) is 4.96. The molecule has 3 rings (SSSR count). The van der Waals surface area contributed by atoms with Crippen LogP contribution in [0.2, 0.25) is 0 Å². The standard InChI is InChI=1S/C15H14N2O4S2/c16-8-9-11(12(18)10-2-1-7-22-10)13(15(19)20)23-14(9)17-3-5-21-6-4-17/h1-2,7,12,18H,3-6H2,(H,19,20). The summed E-state index contributed by atoms with van der Waals surface area (Å²) < 4.78 is 5.30. The summed E-state index contributed by atoms with van der Waals surface area (Å²) >= 11 is 2.37. The van der Waals surface area contributed by atoms with Crippen LogP contribution in [0.3, 0.4) is 0 Å². The molecule has 0 bridgehead atoms. The average Bonchev–Trinajstić information content (AvgIpc) is 3.22. The van der Waals surface area contributed by atoms with Crippen molar-refractivity contribution < 1.29 is 19.7 Å². The van der Waals surface area contributed by atoms with Crippen LogP contribution >= 0.6 is 22.7 Å². The van der Waals surface area contributed by atoms with Gasteiger partial charge in [-0.25, -0.2) is 4.79 Å². The number of carboxylic acid groups (broad SMARTS) is 1. The summed E-state index contributed by atoms with van der Waals surface area (Å²) in [5.74, 6) is -1.13. The Morgan fingerprint density at radius 1 is 1.43 bits per heavy atom. The quantitative estimate of drug-likeness (QED) is 0.879. The van der Waals surface area contributed by atoms with Gasteiger partial charge in [0.1, 0.15) is 22.1 Å². The Morgan fingerprint density at radius 3 is 2.74 bits per heavy atom. The molecule has 0 amide bonds. The number of anilines is 1. The summed E-state index contributed by atoms with van der Waals surface area (Å²) in [6.07, 6.45) is -1.11. The zero-order valence-corrected chi connectivity index (χ0v) is 13.7. The van der Waals surface area contributed by atoms with E-state index in [1.54, 1.807) is 17.5 Å². The molecule has 1 saturated heterocycles. The molecule has 3 heterocycles. The lowest BCUT2D eigenvalue weighted by molar-refractivity contribution is 0.0697. The predicted molar refractivity (Wildman–Crippen MR) is 87.4 cm³/mol. The first-order valence-corrected chi connectivity index (χ1v) is 8.67. The number of aliphatic hydroxyl groups is 1. The second kappa shape index (κ2) is 6.68. The van der Waals surface area contributed by atoms with Crippen LogP contribution in [0.25, 0.3) is 0 Å². The lowest BCUT2D eigenvalue weighted by Gasteiger charge is -2.27. The monoisotopic (exact) mass is 350 g/mol. The first-order chi connectivity index (χ1) is 11.1. The highest BCUT2D eigenvalue weighted by Gasteiger charge is 2.31. The van der Waals surface area contributed by atoms with Crippen molar-refractivity contribution in [3.05, 3.63) is 38.4 Å². The van der Waals surface area contributed by atoms with Crippen LogP contribution in [-0.2, 0) is 4.74 Å². The van der Waals surface area contributed by atoms with Gasteiger partial charge in [0.2, 0.25) is 0 Å². The smallest absolute Gasteiger partial charge is 0.346 e. The number of hydrogen-bond acceptors (Lipinski definition) is 7. The molecule has 0 radical (unpaired) electrons. The molecule has 2 aromatic rings. The number of carbonyl (C=O) groups is 1. The molecule has 0 aliphatic carbocycles. The summed E-state index contributed by atoms with van der Waals surface area (Å²) in [6, 6.07) is 5.60. The van der Waals surface area contributed by atoms with E-state index in [4.69, 9.17) is 4.74 Å². The van der Waals surface area contributed by atoms with Crippen LogP contribution in [0.4, 0.5) is 5.00 Å². The number of hydrogen-bond donors (Lipinski definition) is 2. The summed E-state index contributed by atoms with van der Waals surface area (Å²) in [5, 5.41) is 32.1. The van der Waals surface area contributed by atoms with E-state index in [0.717, 1.165) is 11.3 Å². The molecule has 120 valence electrons. The van der Waals surface area contributed by atoms with Gasteiger partial charge in [-0.2, -0.15) is 5.26 Å². The van der Waals surface area contributed by atoms with Gasteiger partial charge in [-0.1, -0.05) is 6.07 Å². The third-order valence-electron chi connectivity index (χ3n) is 3.62. The Balaban J connectivity index is 2.11. The average molecular weight is 350 g/mol. The van der Waals surface area contributed by atoms with Crippen LogP contribution in [0.5, 0.6) is 0 Å². The SMILES string of the molecule is N#Cc1c(N2CCOCC2)sc(C(=O)O)c1C(O)c1cccs1. The van der Waals surface area contributed by atoms with Gasteiger partial charge in [0.05, 0.1) is 18.8 Å². The Kier molecular flexibility index (Phi) is 4.63. The number of nitrogens with zero attached hydrogens (tertiary/aromatic N) is 2. The Hall–Kier alpha value is -1.92. The van der Waals surface area contributed by atoms with Gasteiger partial charge in [0.15, 0.2) is 0 Å². The van der Waals surface area contributed by atoms with Crippen molar-refractivity contribution in [3.8, 4) is 6.07 Å². The lowest BCUT2D eigenvalue weighted by atomic mass is 10.0. The highest BCUT2D eigenvalue weighted by Crippen LogP contribution is 2.42. The van der Waals surface area contributed by atoms with Crippen LogP contribution in [0.15, 0.2) is 17.5 Å². The van der Waals surface area contributed by atoms with Crippen molar-refractivity contribution in [2.45, 2.75) is 6.10 Å².